The van der Waals surface area contributed by atoms with Crippen molar-refractivity contribution in [3.8, 4) is 5.75 Å². The summed E-state index contributed by atoms with van der Waals surface area (Å²) in [6.07, 6.45) is 0.723. The number of ether oxygens (including phenoxy) is 1. The van der Waals surface area contributed by atoms with E-state index in [1.807, 2.05) is 32.0 Å². The number of aromatic nitrogens is 2. The first-order valence-electron chi connectivity index (χ1n) is 9.88. The van der Waals surface area contributed by atoms with Crippen LogP contribution >= 0.6 is 0 Å². The minimum Gasteiger partial charge on any atom is -0.495 e. The molecule has 0 amide bonds. The number of nitrogens with zero attached hydrogens (tertiary/aromatic N) is 2. The SMILES string of the molecule is COc1cc(C)c(C)cc1S(=O)(=O)Nc1n[nH]c2c1CCN(Cc1ccccc1)C2. The summed E-state index contributed by atoms with van der Waals surface area (Å²) >= 11 is 0. The van der Waals surface area contributed by atoms with Crippen molar-refractivity contribution in [1.82, 2.24) is 15.1 Å². The van der Waals surface area contributed by atoms with Gasteiger partial charge < -0.3 is 4.74 Å². The highest BCUT2D eigenvalue weighted by molar-refractivity contribution is 7.92. The molecule has 7 nitrogen and oxygen atoms in total. The molecule has 0 atom stereocenters. The van der Waals surface area contributed by atoms with Gasteiger partial charge in [-0.3, -0.25) is 14.7 Å². The predicted octanol–water partition coefficient (Wildman–Crippen LogP) is 3.39. The Bertz CT molecular complexity index is 1160. The van der Waals surface area contributed by atoms with Crippen LogP contribution in [0.2, 0.25) is 0 Å². The maximum atomic E-state index is 13.1. The molecule has 2 heterocycles. The lowest BCUT2D eigenvalue weighted by molar-refractivity contribution is 0.242. The molecule has 2 aromatic carbocycles. The zero-order valence-electron chi connectivity index (χ0n) is 17.4. The van der Waals surface area contributed by atoms with E-state index in [-0.39, 0.29) is 4.90 Å². The minimum atomic E-state index is -3.83. The number of rotatable bonds is 6. The van der Waals surface area contributed by atoms with Crippen LogP contribution in [0.4, 0.5) is 5.82 Å². The number of benzene rings is 2. The van der Waals surface area contributed by atoms with Crippen LogP contribution in [-0.4, -0.2) is 37.2 Å². The van der Waals surface area contributed by atoms with Crippen molar-refractivity contribution in [3.63, 3.8) is 0 Å². The molecule has 0 aliphatic carbocycles. The molecule has 1 aliphatic rings. The first kappa shape index (κ1) is 20.4. The molecular weight excluding hydrogens is 400 g/mol. The van der Waals surface area contributed by atoms with Crippen molar-refractivity contribution in [2.24, 2.45) is 0 Å². The van der Waals surface area contributed by atoms with Crippen LogP contribution in [0.15, 0.2) is 47.4 Å². The van der Waals surface area contributed by atoms with Crippen molar-refractivity contribution in [2.45, 2.75) is 38.3 Å². The summed E-state index contributed by atoms with van der Waals surface area (Å²) in [5.41, 5.74) is 4.98. The molecule has 30 heavy (non-hydrogen) atoms. The molecule has 1 aromatic heterocycles. The number of sulfonamides is 1. The predicted molar refractivity (Wildman–Crippen MR) is 116 cm³/mol. The number of hydrogen-bond donors (Lipinski definition) is 2. The van der Waals surface area contributed by atoms with Gasteiger partial charge in [-0.05, 0) is 49.1 Å². The number of fused-ring (bicyclic) bond motifs is 1. The summed E-state index contributed by atoms with van der Waals surface area (Å²) in [5, 5.41) is 7.28. The van der Waals surface area contributed by atoms with Gasteiger partial charge in [0, 0.05) is 25.2 Å². The zero-order chi connectivity index (χ0) is 21.3. The minimum absolute atomic E-state index is 0.117. The van der Waals surface area contributed by atoms with Crippen molar-refractivity contribution >= 4 is 15.8 Å². The average Bonchev–Trinajstić information content (AvgIpc) is 3.11. The van der Waals surface area contributed by atoms with Crippen LogP contribution in [-0.2, 0) is 29.5 Å². The molecule has 0 unspecified atom stereocenters. The summed E-state index contributed by atoms with van der Waals surface area (Å²) in [5.74, 6) is 0.689. The standard InChI is InChI=1S/C22H26N4O3S/c1-15-11-20(29-3)21(12-16(15)2)30(27,28)25-22-18-9-10-26(14-19(18)23-24-22)13-17-7-5-4-6-8-17/h4-8,11-12H,9-10,13-14H2,1-3H3,(H2,23,24,25). The Balaban J connectivity index is 1.54. The maximum absolute atomic E-state index is 13.1. The van der Waals surface area contributed by atoms with E-state index in [4.69, 9.17) is 4.74 Å². The van der Waals surface area contributed by atoms with Crippen LogP contribution in [0.5, 0.6) is 5.75 Å². The molecule has 0 saturated carbocycles. The fourth-order valence-electron chi connectivity index (χ4n) is 3.75. The average molecular weight is 427 g/mol. The molecule has 0 radical (unpaired) electrons. The van der Waals surface area contributed by atoms with Crippen molar-refractivity contribution in [3.05, 3.63) is 70.4 Å². The van der Waals surface area contributed by atoms with E-state index in [2.05, 4.69) is 32.0 Å². The quantitative estimate of drug-likeness (QED) is 0.631. The van der Waals surface area contributed by atoms with Gasteiger partial charge in [-0.2, -0.15) is 5.10 Å². The summed E-state index contributed by atoms with van der Waals surface area (Å²) in [7, 11) is -2.36. The molecule has 0 bridgehead atoms. The summed E-state index contributed by atoms with van der Waals surface area (Å²) in [4.78, 5) is 2.44. The number of aromatic amines is 1. The maximum Gasteiger partial charge on any atom is 0.266 e. The second-order valence-electron chi connectivity index (χ2n) is 7.67. The van der Waals surface area contributed by atoms with Crippen molar-refractivity contribution in [2.75, 3.05) is 18.4 Å². The number of methoxy groups -OCH3 is 1. The van der Waals surface area contributed by atoms with Crippen LogP contribution in [0.3, 0.4) is 0 Å². The third-order valence-electron chi connectivity index (χ3n) is 5.56. The molecule has 2 N–H and O–H groups in total. The third-order valence-corrected chi connectivity index (χ3v) is 6.92. The second kappa shape index (κ2) is 8.12. The first-order chi connectivity index (χ1) is 14.4. The van der Waals surface area contributed by atoms with Gasteiger partial charge in [-0.25, -0.2) is 8.42 Å². The van der Waals surface area contributed by atoms with E-state index in [1.165, 1.54) is 12.7 Å². The van der Waals surface area contributed by atoms with Gasteiger partial charge in [0.25, 0.3) is 10.0 Å². The lowest BCUT2D eigenvalue weighted by Crippen LogP contribution is -2.30. The molecule has 4 rings (SSSR count). The molecule has 8 heteroatoms. The van der Waals surface area contributed by atoms with Crippen LogP contribution < -0.4 is 9.46 Å². The summed E-state index contributed by atoms with van der Waals surface area (Å²) in [6, 6.07) is 13.7. The zero-order valence-corrected chi connectivity index (χ0v) is 18.2. The van der Waals surface area contributed by atoms with E-state index in [1.54, 1.807) is 12.1 Å². The van der Waals surface area contributed by atoms with Gasteiger partial charge in [-0.1, -0.05) is 30.3 Å². The number of H-pyrrole nitrogens is 1. The Morgan fingerprint density at radius 1 is 1.17 bits per heavy atom. The molecule has 0 fully saturated rings. The van der Waals surface area contributed by atoms with Crippen molar-refractivity contribution < 1.29 is 13.2 Å². The first-order valence-corrected chi connectivity index (χ1v) is 11.4. The summed E-state index contributed by atoms with van der Waals surface area (Å²) in [6.45, 7) is 6.19. The largest absolute Gasteiger partial charge is 0.495 e. The van der Waals surface area contributed by atoms with Gasteiger partial charge in [0.2, 0.25) is 0 Å². The molecule has 0 saturated heterocycles. The van der Waals surface area contributed by atoms with Crippen LogP contribution in [0, 0.1) is 13.8 Å². The Labute approximate surface area is 177 Å². The number of aryl methyl sites for hydroxylation is 2. The molecular formula is C22H26N4O3S. The fourth-order valence-corrected chi connectivity index (χ4v) is 5.02. The number of hydrogen-bond acceptors (Lipinski definition) is 5. The van der Waals surface area contributed by atoms with Crippen molar-refractivity contribution in [1.29, 1.82) is 0 Å². The molecule has 3 aromatic rings. The van der Waals surface area contributed by atoms with E-state index in [9.17, 15) is 8.42 Å². The van der Waals surface area contributed by atoms with Gasteiger partial charge in [0.1, 0.15) is 10.6 Å². The monoisotopic (exact) mass is 426 g/mol. The fraction of sp³-hybridized carbons (Fsp3) is 0.318. The van der Waals surface area contributed by atoms with E-state index >= 15 is 0 Å². The van der Waals surface area contributed by atoms with E-state index in [0.29, 0.717) is 18.1 Å². The lowest BCUT2D eigenvalue weighted by Gasteiger charge is -2.26. The Hall–Kier alpha value is -2.84. The molecule has 0 spiro atoms. The number of anilines is 1. The topological polar surface area (TPSA) is 87.3 Å². The van der Waals surface area contributed by atoms with E-state index in [0.717, 1.165) is 41.9 Å². The number of nitrogens with one attached hydrogen (secondary N) is 2. The lowest BCUT2D eigenvalue weighted by atomic mass is 10.1. The van der Waals surface area contributed by atoms with Gasteiger partial charge in [-0.15, -0.1) is 0 Å². The highest BCUT2D eigenvalue weighted by Gasteiger charge is 2.27. The second-order valence-corrected chi connectivity index (χ2v) is 9.32. The van der Waals surface area contributed by atoms with Gasteiger partial charge in [0.05, 0.1) is 12.8 Å². The Morgan fingerprint density at radius 3 is 2.63 bits per heavy atom. The molecule has 158 valence electrons. The molecule has 1 aliphatic heterocycles. The smallest absolute Gasteiger partial charge is 0.266 e. The van der Waals surface area contributed by atoms with Gasteiger partial charge in [0.15, 0.2) is 5.82 Å². The Kier molecular flexibility index (Phi) is 5.53. The normalized spacial score (nSPS) is 14.4. The van der Waals surface area contributed by atoms with E-state index < -0.39 is 10.0 Å². The Morgan fingerprint density at radius 2 is 1.90 bits per heavy atom. The highest BCUT2D eigenvalue weighted by Crippen LogP contribution is 2.31. The van der Waals surface area contributed by atoms with Crippen LogP contribution in [0.1, 0.15) is 27.9 Å². The third kappa shape index (κ3) is 4.06. The summed E-state index contributed by atoms with van der Waals surface area (Å²) < 4.78 is 34.1. The van der Waals surface area contributed by atoms with Crippen LogP contribution in [0.25, 0.3) is 0 Å². The van der Waals surface area contributed by atoms with Gasteiger partial charge >= 0.3 is 0 Å². The highest BCUT2D eigenvalue weighted by atomic mass is 32.2.